The number of carbonyl (C=O) groups excluding carboxylic acids is 1. The van der Waals surface area contributed by atoms with Gasteiger partial charge in [0.15, 0.2) is 5.96 Å². The van der Waals surface area contributed by atoms with Gasteiger partial charge >= 0.3 is 0 Å². The van der Waals surface area contributed by atoms with E-state index in [4.69, 9.17) is 11.6 Å². The number of halogens is 1. The summed E-state index contributed by atoms with van der Waals surface area (Å²) >= 11 is 5.99. The van der Waals surface area contributed by atoms with Gasteiger partial charge in [0, 0.05) is 12.1 Å². The average molecular weight is 282 g/mol. The molecule has 1 aromatic carbocycles. The van der Waals surface area contributed by atoms with Crippen molar-refractivity contribution in [2.24, 2.45) is 4.99 Å². The molecule has 0 aliphatic carbocycles. The van der Waals surface area contributed by atoms with E-state index >= 15 is 0 Å². The number of guanidine groups is 1. The number of aliphatic imine (C=N–C) groups is 1. The first kappa shape index (κ1) is 15.5. The lowest BCUT2D eigenvalue weighted by molar-refractivity contribution is 0.0975. The van der Waals surface area contributed by atoms with E-state index in [-0.39, 0.29) is 18.0 Å². The Labute approximate surface area is 119 Å². The highest BCUT2D eigenvalue weighted by Gasteiger charge is 2.12. The molecule has 0 aliphatic rings. The minimum atomic E-state index is -0.266. The Morgan fingerprint density at radius 2 is 1.84 bits per heavy atom. The lowest BCUT2D eigenvalue weighted by Gasteiger charge is -2.15. The van der Waals surface area contributed by atoms with Crippen LogP contribution >= 0.6 is 11.6 Å². The summed E-state index contributed by atoms with van der Waals surface area (Å²) in [6.07, 6.45) is 0. The summed E-state index contributed by atoms with van der Waals surface area (Å²) in [4.78, 5) is 16.5. The minimum Gasteiger partial charge on any atom is -0.354 e. The normalized spacial score (nSPS) is 11.8. The predicted molar refractivity (Wildman–Crippen MR) is 79.8 cm³/mol. The molecule has 0 saturated heterocycles. The fourth-order valence-electron chi connectivity index (χ4n) is 1.46. The number of nitrogens with zero attached hydrogens (tertiary/aromatic N) is 1. The number of hydrogen-bond donors (Lipinski definition) is 2. The van der Waals surface area contributed by atoms with Crippen LogP contribution in [0.5, 0.6) is 0 Å². The van der Waals surface area contributed by atoms with Gasteiger partial charge in [0.25, 0.3) is 5.91 Å². The van der Waals surface area contributed by atoms with E-state index in [1.807, 2.05) is 27.7 Å². The monoisotopic (exact) mass is 281 g/mol. The van der Waals surface area contributed by atoms with Crippen molar-refractivity contribution >= 4 is 23.5 Å². The highest BCUT2D eigenvalue weighted by Crippen LogP contribution is 2.14. The number of benzene rings is 1. The van der Waals surface area contributed by atoms with Crippen LogP contribution in [0.2, 0.25) is 5.02 Å². The number of carbonyl (C=O) groups is 1. The summed E-state index contributed by atoms with van der Waals surface area (Å²) in [5, 5.41) is 6.28. The number of amides is 1. The van der Waals surface area contributed by atoms with Crippen LogP contribution in [-0.2, 0) is 0 Å². The molecule has 0 fully saturated rings. The average Bonchev–Trinajstić information content (AvgIpc) is 2.27. The third kappa shape index (κ3) is 5.30. The molecule has 0 unspecified atom stereocenters. The van der Waals surface area contributed by atoms with Crippen molar-refractivity contribution in [1.82, 2.24) is 10.6 Å². The van der Waals surface area contributed by atoms with Crippen LogP contribution in [0.15, 0.2) is 29.3 Å². The fourth-order valence-corrected chi connectivity index (χ4v) is 1.68. The largest absolute Gasteiger partial charge is 0.354 e. The smallest absolute Gasteiger partial charge is 0.259 e. The summed E-state index contributed by atoms with van der Waals surface area (Å²) in [6.45, 7) is 7.86. The van der Waals surface area contributed by atoms with Gasteiger partial charge in [-0.2, -0.15) is 0 Å². The maximum absolute atomic E-state index is 12.1. The SMILES string of the molecule is CC(C)N=C(NC(=O)c1ccccc1Cl)NC(C)C. The molecule has 1 rings (SSSR count). The van der Waals surface area contributed by atoms with Gasteiger partial charge in [0.1, 0.15) is 0 Å². The second-order valence-corrected chi connectivity index (χ2v) is 5.21. The highest BCUT2D eigenvalue weighted by atomic mass is 35.5. The Kier molecular flexibility index (Phi) is 5.83. The van der Waals surface area contributed by atoms with Gasteiger partial charge in [-0.25, -0.2) is 0 Å². The molecule has 0 atom stereocenters. The number of hydrogen-bond acceptors (Lipinski definition) is 2. The Bertz CT molecular complexity index is 470. The van der Waals surface area contributed by atoms with Gasteiger partial charge in [-0.1, -0.05) is 23.7 Å². The first-order valence-electron chi connectivity index (χ1n) is 6.30. The van der Waals surface area contributed by atoms with Crippen LogP contribution in [0, 0.1) is 0 Å². The third-order valence-electron chi connectivity index (χ3n) is 2.16. The van der Waals surface area contributed by atoms with Gasteiger partial charge in [-0.05, 0) is 39.8 Å². The van der Waals surface area contributed by atoms with E-state index in [0.717, 1.165) is 0 Å². The van der Waals surface area contributed by atoms with E-state index < -0.39 is 0 Å². The van der Waals surface area contributed by atoms with Crippen molar-refractivity contribution in [1.29, 1.82) is 0 Å². The van der Waals surface area contributed by atoms with Gasteiger partial charge in [-0.15, -0.1) is 0 Å². The standard InChI is InChI=1S/C14H20ClN3O/c1-9(2)16-14(17-10(3)4)18-13(19)11-7-5-6-8-12(11)15/h5-10H,1-4H3,(H2,16,17,18,19). The molecule has 0 aliphatic heterocycles. The zero-order chi connectivity index (χ0) is 14.4. The second-order valence-electron chi connectivity index (χ2n) is 4.80. The molecule has 0 heterocycles. The molecule has 19 heavy (non-hydrogen) atoms. The molecule has 0 saturated carbocycles. The summed E-state index contributed by atoms with van der Waals surface area (Å²) in [7, 11) is 0. The van der Waals surface area contributed by atoms with E-state index in [9.17, 15) is 4.79 Å². The molecule has 2 N–H and O–H groups in total. The Morgan fingerprint density at radius 3 is 2.37 bits per heavy atom. The molecule has 4 nitrogen and oxygen atoms in total. The van der Waals surface area contributed by atoms with Gasteiger partial charge in [-0.3, -0.25) is 15.1 Å². The maximum Gasteiger partial charge on any atom is 0.259 e. The van der Waals surface area contributed by atoms with E-state index in [0.29, 0.717) is 16.5 Å². The molecule has 5 heteroatoms. The Hall–Kier alpha value is -1.55. The van der Waals surface area contributed by atoms with Crippen molar-refractivity contribution in [3.63, 3.8) is 0 Å². The molecular weight excluding hydrogens is 262 g/mol. The van der Waals surface area contributed by atoms with Crippen LogP contribution in [0.1, 0.15) is 38.1 Å². The molecule has 1 aromatic rings. The minimum absolute atomic E-state index is 0.0906. The fraction of sp³-hybridized carbons (Fsp3) is 0.429. The molecule has 0 spiro atoms. The van der Waals surface area contributed by atoms with E-state index in [1.54, 1.807) is 24.3 Å². The number of nitrogens with one attached hydrogen (secondary N) is 2. The topological polar surface area (TPSA) is 53.5 Å². The lowest BCUT2D eigenvalue weighted by atomic mass is 10.2. The Balaban J connectivity index is 2.85. The lowest BCUT2D eigenvalue weighted by Crippen LogP contribution is -2.44. The predicted octanol–water partition coefficient (Wildman–Crippen LogP) is 2.83. The molecule has 0 radical (unpaired) electrons. The maximum atomic E-state index is 12.1. The zero-order valence-corrected chi connectivity index (χ0v) is 12.5. The van der Waals surface area contributed by atoms with E-state index in [2.05, 4.69) is 15.6 Å². The summed E-state index contributed by atoms with van der Waals surface area (Å²) in [6, 6.07) is 7.20. The number of rotatable bonds is 3. The van der Waals surface area contributed by atoms with Crippen molar-refractivity contribution in [2.45, 2.75) is 39.8 Å². The van der Waals surface area contributed by atoms with Crippen LogP contribution < -0.4 is 10.6 Å². The van der Waals surface area contributed by atoms with Gasteiger partial charge in [0.2, 0.25) is 0 Å². The summed E-state index contributed by atoms with van der Waals surface area (Å²) in [5.41, 5.74) is 0.436. The van der Waals surface area contributed by atoms with Crippen LogP contribution in [0.4, 0.5) is 0 Å². The summed E-state index contributed by atoms with van der Waals surface area (Å²) in [5.74, 6) is 0.202. The molecule has 0 bridgehead atoms. The second kappa shape index (κ2) is 7.14. The van der Waals surface area contributed by atoms with Crippen LogP contribution in [-0.4, -0.2) is 24.0 Å². The molecule has 104 valence electrons. The summed E-state index contributed by atoms with van der Waals surface area (Å²) < 4.78 is 0. The van der Waals surface area contributed by atoms with Crippen molar-refractivity contribution in [3.05, 3.63) is 34.9 Å². The van der Waals surface area contributed by atoms with Crippen LogP contribution in [0.3, 0.4) is 0 Å². The quantitative estimate of drug-likeness (QED) is 0.661. The first-order chi connectivity index (χ1) is 8.90. The van der Waals surface area contributed by atoms with Crippen molar-refractivity contribution in [3.8, 4) is 0 Å². The van der Waals surface area contributed by atoms with Crippen LogP contribution in [0.25, 0.3) is 0 Å². The van der Waals surface area contributed by atoms with Crippen molar-refractivity contribution < 1.29 is 4.79 Å². The molecule has 1 amide bonds. The Morgan fingerprint density at radius 1 is 1.21 bits per heavy atom. The third-order valence-corrected chi connectivity index (χ3v) is 2.49. The highest BCUT2D eigenvalue weighted by molar-refractivity contribution is 6.34. The van der Waals surface area contributed by atoms with Gasteiger partial charge in [0.05, 0.1) is 10.6 Å². The first-order valence-corrected chi connectivity index (χ1v) is 6.68. The van der Waals surface area contributed by atoms with Crippen molar-refractivity contribution in [2.75, 3.05) is 0 Å². The molecular formula is C14H20ClN3O. The zero-order valence-electron chi connectivity index (χ0n) is 11.7. The van der Waals surface area contributed by atoms with Gasteiger partial charge < -0.3 is 5.32 Å². The molecule has 0 aromatic heterocycles. The van der Waals surface area contributed by atoms with E-state index in [1.165, 1.54) is 0 Å².